The standard InChI is InChI=1S/C25H27NO7S/c1-5-26(34(29,30)24-15-20(25(27)28)17(2)13-23(24)32-4)19-11-12-21(22(14-19)31-3)33-16-18-9-7-6-8-10-18/h6-15H,5,16H2,1-4H3,(H,27,28). The number of aryl methyl sites for hydroxylation is 1. The molecule has 0 aliphatic rings. The smallest absolute Gasteiger partial charge is 0.336 e. The maximum Gasteiger partial charge on any atom is 0.336 e. The molecule has 0 unspecified atom stereocenters. The van der Waals surface area contributed by atoms with Crippen molar-refractivity contribution >= 4 is 21.7 Å². The van der Waals surface area contributed by atoms with Gasteiger partial charge >= 0.3 is 5.97 Å². The average molecular weight is 486 g/mol. The molecule has 0 saturated carbocycles. The molecule has 0 atom stereocenters. The molecule has 3 aromatic rings. The van der Waals surface area contributed by atoms with E-state index < -0.39 is 16.0 Å². The first-order valence-corrected chi connectivity index (χ1v) is 12.0. The number of rotatable bonds is 10. The molecule has 0 radical (unpaired) electrons. The summed E-state index contributed by atoms with van der Waals surface area (Å²) in [7, 11) is -1.35. The summed E-state index contributed by atoms with van der Waals surface area (Å²) < 4.78 is 45.0. The lowest BCUT2D eigenvalue weighted by molar-refractivity contribution is 0.0695. The summed E-state index contributed by atoms with van der Waals surface area (Å²) in [4.78, 5) is 11.4. The van der Waals surface area contributed by atoms with Crippen molar-refractivity contribution in [3.8, 4) is 17.2 Å². The zero-order valence-electron chi connectivity index (χ0n) is 19.4. The summed E-state index contributed by atoms with van der Waals surface area (Å²) in [5.74, 6) is -0.328. The number of sulfonamides is 1. The van der Waals surface area contributed by atoms with Crippen LogP contribution >= 0.6 is 0 Å². The molecular formula is C25H27NO7S. The normalized spacial score (nSPS) is 11.1. The first-order chi connectivity index (χ1) is 16.2. The molecular weight excluding hydrogens is 458 g/mol. The van der Waals surface area contributed by atoms with Gasteiger partial charge in [0.25, 0.3) is 10.0 Å². The van der Waals surface area contributed by atoms with Crippen LogP contribution in [0.25, 0.3) is 0 Å². The molecule has 0 aromatic heterocycles. The van der Waals surface area contributed by atoms with Gasteiger partial charge in [0.2, 0.25) is 0 Å². The van der Waals surface area contributed by atoms with Gasteiger partial charge in [0, 0.05) is 12.6 Å². The van der Waals surface area contributed by atoms with Crippen molar-refractivity contribution in [1.82, 2.24) is 0 Å². The van der Waals surface area contributed by atoms with Crippen LogP contribution in [0.15, 0.2) is 65.6 Å². The van der Waals surface area contributed by atoms with Crippen LogP contribution in [0.5, 0.6) is 17.2 Å². The summed E-state index contributed by atoms with van der Waals surface area (Å²) in [5, 5.41) is 9.48. The number of ether oxygens (including phenoxy) is 3. The Kier molecular flexibility index (Phi) is 7.68. The molecule has 0 saturated heterocycles. The van der Waals surface area contributed by atoms with E-state index in [2.05, 4.69) is 0 Å². The van der Waals surface area contributed by atoms with E-state index in [1.54, 1.807) is 32.0 Å². The topological polar surface area (TPSA) is 102 Å². The highest BCUT2D eigenvalue weighted by Crippen LogP contribution is 2.36. The molecule has 34 heavy (non-hydrogen) atoms. The van der Waals surface area contributed by atoms with Crippen molar-refractivity contribution < 1.29 is 32.5 Å². The van der Waals surface area contributed by atoms with Gasteiger partial charge in [-0.1, -0.05) is 30.3 Å². The second kappa shape index (κ2) is 10.5. The Labute approximate surface area is 199 Å². The molecule has 0 amide bonds. The summed E-state index contributed by atoms with van der Waals surface area (Å²) >= 11 is 0. The summed E-state index contributed by atoms with van der Waals surface area (Å²) in [6, 6.07) is 17.0. The number of nitrogens with zero attached hydrogens (tertiary/aromatic N) is 1. The third-order valence-electron chi connectivity index (χ3n) is 5.27. The Balaban J connectivity index is 1.99. The highest BCUT2D eigenvalue weighted by Gasteiger charge is 2.30. The highest BCUT2D eigenvalue weighted by molar-refractivity contribution is 7.93. The van der Waals surface area contributed by atoms with Crippen LogP contribution in [0.4, 0.5) is 5.69 Å². The Morgan fingerprint density at radius 3 is 2.21 bits per heavy atom. The summed E-state index contributed by atoms with van der Waals surface area (Å²) in [6.07, 6.45) is 0. The van der Waals surface area contributed by atoms with Crippen LogP contribution in [0.1, 0.15) is 28.4 Å². The van der Waals surface area contributed by atoms with Gasteiger partial charge in [-0.15, -0.1) is 0 Å². The van der Waals surface area contributed by atoms with E-state index in [1.807, 2.05) is 30.3 Å². The average Bonchev–Trinajstić information content (AvgIpc) is 2.83. The second-order valence-corrected chi connectivity index (χ2v) is 9.23. The van der Waals surface area contributed by atoms with E-state index >= 15 is 0 Å². The number of benzene rings is 3. The molecule has 8 nitrogen and oxygen atoms in total. The minimum absolute atomic E-state index is 0.0655. The number of hydrogen-bond donors (Lipinski definition) is 1. The van der Waals surface area contributed by atoms with Crippen LogP contribution in [-0.2, 0) is 16.6 Å². The van der Waals surface area contributed by atoms with Gasteiger partial charge in [-0.05, 0) is 49.2 Å². The molecule has 180 valence electrons. The van der Waals surface area contributed by atoms with Crippen molar-refractivity contribution in [3.05, 3.63) is 77.4 Å². The van der Waals surface area contributed by atoms with Crippen molar-refractivity contribution in [2.45, 2.75) is 25.3 Å². The maximum absolute atomic E-state index is 13.6. The van der Waals surface area contributed by atoms with Crippen LogP contribution < -0.4 is 18.5 Å². The Bertz CT molecular complexity index is 1270. The molecule has 3 aromatic carbocycles. The molecule has 0 fully saturated rings. The number of methoxy groups -OCH3 is 2. The summed E-state index contributed by atoms with van der Waals surface area (Å²) in [5.41, 5.74) is 1.60. The van der Waals surface area contributed by atoms with Gasteiger partial charge in [-0.2, -0.15) is 0 Å². The fourth-order valence-electron chi connectivity index (χ4n) is 3.53. The predicted molar refractivity (Wildman–Crippen MR) is 129 cm³/mol. The molecule has 9 heteroatoms. The lowest BCUT2D eigenvalue weighted by Crippen LogP contribution is -2.31. The number of aromatic carboxylic acids is 1. The van der Waals surface area contributed by atoms with Crippen LogP contribution in [-0.4, -0.2) is 40.3 Å². The van der Waals surface area contributed by atoms with E-state index in [-0.39, 0.29) is 22.8 Å². The first kappa shape index (κ1) is 24.9. The van der Waals surface area contributed by atoms with Crippen LogP contribution in [0.2, 0.25) is 0 Å². The Morgan fingerprint density at radius 1 is 0.941 bits per heavy atom. The minimum Gasteiger partial charge on any atom is -0.495 e. The predicted octanol–water partition coefficient (Wildman–Crippen LogP) is 4.50. The third kappa shape index (κ3) is 5.09. The largest absolute Gasteiger partial charge is 0.495 e. The van der Waals surface area contributed by atoms with Crippen molar-refractivity contribution in [3.63, 3.8) is 0 Å². The van der Waals surface area contributed by atoms with Gasteiger partial charge in [-0.3, -0.25) is 4.31 Å². The molecule has 0 aliphatic carbocycles. The van der Waals surface area contributed by atoms with Gasteiger partial charge in [0.15, 0.2) is 11.5 Å². The fourth-order valence-corrected chi connectivity index (χ4v) is 5.16. The lowest BCUT2D eigenvalue weighted by atomic mass is 10.1. The SMILES string of the molecule is CCN(c1ccc(OCc2ccccc2)c(OC)c1)S(=O)(=O)c1cc(C(=O)O)c(C)cc1OC. The van der Waals surface area contributed by atoms with E-state index in [1.165, 1.54) is 20.3 Å². The van der Waals surface area contributed by atoms with E-state index in [0.29, 0.717) is 29.4 Å². The number of carboxylic acids is 1. The monoisotopic (exact) mass is 485 g/mol. The molecule has 0 aliphatic heterocycles. The Morgan fingerprint density at radius 2 is 1.62 bits per heavy atom. The third-order valence-corrected chi connectivity index (χ3v) is 7.19. The molecule has 0 heterocycles. The molecule has 0 bridgehead atoms. The van der Waals surface area contributed by atoms with Crippen molar-refractivity contribution in [2.75, 3.05) is 25.1 Å². The van der Waals surface area contributed by atoms with Gasteiger partial charge in [0.05, 0.1) is 25.5 Å². The van der Waals surface area contributed by atoms with Crippen molar-refractivity contribution in [2.24, 2.45) is 0 Å². The lowest BCUT2D eigenvalue weighted by Gasteiger charge is -2.25. The van der Waals surface area contributed by atoms with E-state index in [9.17, 15) is 18.3 Å². The zero-order valence-corrected chi connectivity index (χ0v) is 20.3. The molecule has 1 N–H and O–H groups in total. The zero-order chi connectivity index (χ0) is 24.9. The number of carbonyl (C=O) groups is 1. The quantitative estimate of drug-likeness (QED) is 0.451. The van der Waals surface area contributed by atoms with Gasteiger partial charge < -0.3 is 19.3 Å². The van der Waals surface area contributed by atoms with Crippen LogP contribution in [0.3, 0.4) is 0 Å². The number of carboxylic acid groups (broad SMARTS) is 1. The number of anilines is 1. The van der Waals surface area contributed by atoms with Gasteiger partial charge in [-0.25, -0.2) is 13.2 Å². The number of hydrogen-bond acceptors (Lipinski definition) is 6. The maximum atomic E-state index is 13.6. The molecule has 3 rings (SSSR count). The van der Waals surface area contributed by atoms with E-state index in [4.69, 9.17) is 14.2 Å². The fraction of sp³-hybridized carbons (Fsp3) is 0.240. The van der Waals surface area contributed by atoms with Crippen LogP contribution in [0, 0.1) is 6.92 Å². The summed E-state index contributed by atoms with van der Waals surface area (Å²) in [6.45, 7) is 3.68. The van der Waals surface area contributed by atoms with E-state index in [0.717, 1.165) is 15.9 Å². The second-order valence-electron chi connectivity index (χ2n) is 7.40. The highest BCUT2D eigenvalue weighted by atomic mass is 32.2. The first-order valence-electron chi connectivity index (χ1n) is 10.5. The molecule has 0 spiro atoms. The van der Waals surface area contributed by atoms with Gasteiger partial charge in [0.1, 0.15) is 17.3 Å². The Hall–Kier alpha value is -3.72. The van der Waals surface area contributed by atoms with Crippen molar-refractivity contribution in [1.29, 1.82) is 0 Å². The minimum atomic E-state index is -4.16.